The number of nitrogens with zero attached hydrogens (tertiary/aromatic N) is 1. The van der Waals surface area contributed by atoms with Crippen LogP contribution < -0.4 is 16.4 Å². The lowest BCUT2D eigenvalue weighted by Crippen LogP contribution is -2.50. The van der Waals surface area contributed by atoms with Gasteiger partial charge in [0.2, 0.25) is 5.91 Å². The second-order valence-electron chi connectivity index (χ2n) is 4.28. The van der Waals surface area contributed by atoms with Crippen molar-refractivity contribution in [1.82, 2.24) is 15.5 Å². The minimum absolute atomic E-state index is 0.0191. The molecule has 1 aliphatic heterocycles. The van der Waals surface area contributed by atoms with E-state index in [1.807, 2.05) is 6.92 Å². The van der Waals surface area contributed by atoms with Crippen molar-refractivity contribution in [3.05, 3.63) is 0 Å². The van der Waals surface area contributed by atoms with Crippen LogP contribution in [0.2, 0.25) is 0 Å². The first-order chi connectivity index (χ1) is 8.15. The molecule has 1 heterocycles. The molecule has 0 saturated carbocycles. The third-order valence-corrected chi connectivity index (χ3v) is 2.84. The van der Waals surface area contributed by atoms with Crippen molar-refractivity contribution in [2.75, 3.05) is 26.2 Å². The molecule has 1 fully saturated rings. The van der Waals surface area contributed by atoms with Crippen LogP contribution in [-0.2, 0) is 4.79 Å². The van der Waals surface area contributed by atoms with E-state index in [9.17, 15) is 9.59 Å². The summed E-state index contributed by atoms with van der Waals surface area (Å²) in [6.07, 6.45) is 2.41. The highest BCUT2D eigenvalue weighted by Crippen LogP contribution is 2.04. The molecule has 1 saturated heterocycles. The molecule has 0 bridgehead atoms. The second-order valence-corrected chi connectivity index (χ2v) is 4.28. The van der Waals surface area contributed by atoms with Crippen LogP contribution in [0.15, 0.2) is 0 Å². The van der Waals surface area contributed by atoms with Crippen molar-refractivity contribution in [3.63, 3.8) is 0 Å². The first-order valence-corrected chi connectivity index (χ1v) is 6.20. The first-order valence-electron chi connectivity index (χ1n) is 6.20. The van der Waals surface area contributed by atoms with Gasteiger partial charge in [0.15, 0.2) is 0 Å². The SMILES string of the molecule is CCC[C@@H](NC(N)=O)C(=O)N1CCCNCC1. The van der Waals surface area contributed by atoms with Crippen molar-refractivity contribution in [1.29, 1.82) is 0 Å². The Balaban J connectivity index is 2.57. The summed E-state index contributed by atoms with van der Waals surface area (Å²) in [5.41, 5.74) is 5.09. The Hall–Kier alpha value is -1.30. The summed E-state index contributed by atoms with van der Waals surface area (Å²) < 4.78 is 0. The lowest BCUT2D eigenvalue weighted by Gasteiger charge is -2.25. The number of hydrogen-bond acceptors (Lipinski definition) is 3. The molecule has 98 valence electrons. The van der Waals surface area contributed by atoms with Gasteiger partial charge in [0.1, 0.15) is 6.04 Å². The van der Waals surface area contributed by atoms with E-state index in [0.29, 0.717) is 13.0 Å². The van der Waals surface area contributed by atoms with Crippen LogP contribution in [0.3, 0.4) is 0 Å². The maximum absolute atomic E-state index is 12.2. The van der Waals surface area contributed by atoms with E-state index in [-0.39, 0.29) is 5.91 Å². The number of nitrogens with one attached hydrogen (secondary N) is 2. The van der Waals surface area contributed by atoms with Gasteiger partial charge in [-0.25, -0.2) is 4.79 Å². The summed E-state index contributed by atoms with van der Waals surface area (Å²) in [4.78, 5) is 24.9. The van der Waals surface area contributed by atoms with Crippen molar-refractivity contribution in [3.8, 4) is 0 Å². The van der Waals surface area contributed by atoms with Crippen molar-refractivity contribution >= 4 is 11.9 Å². The Kier molecular flexibility index (Phi) is 5.76. The quantitative estimate of drug-likeness (QED) is 0.629. The lowest BCUT2D eigenvalue weighted by atomic mass is 10.1. The zero-order valence-corrected chi connectivity index (χ0v) is 10.4. The highest BCUT2D eigenvalue weighted by molar-refractivity contribution is 5.86. The summed E-state index contributed by atoms with van der Waals surface area (Å²) in [7, 11) is 0. The fourth-order valence-corrected chi connectivity index (χ4v) is 2.00. The van der Waals surface area contributed by atoms with Gasteiger partial charge < -0.3 is 21.3 Å². The molecular formula is C11H22N4O2. The van der Waals surface area contributed by atoms with Crippen molar-refractivity contribution in [2.24, 2.45) is 5.73 Å². The zero-order chi connectivity index (χ0) is 12.7. The van der Waals surface area contributed by atoms with Crippen LogP contribution in [0.25, 0.3) is 0 Å². The third kappa shape index (κ3) is 4.60. The number of carbonyl (C=O) groups excluding carboxylic acids is 2. The van der Waals surface area contributed by atoms with Gasteiger partial charge in [-0.05, 0) is 19.4 Å². The largest absolute Gasteiger partial charge is 0.352 e. The molecule has 1 atom stereocenters. The number of primary amides is 1. The normalized spacial score (nSPS) is 18.3. The summed E-state index contributed by atoms with van der Waals surface area (Å²) in [5, 5.41) is 5.76. The van der Waals surface area contributed by atoms with Gasteiger partial charge in [0, 0.05) is 19.6 Å². The number of urea groups is 1. The predicted molar refractivity (Wildman–Crippen MR) is 65.5 cm³/mol. The smallest absolute Gasteiger partial charge is 0.312 e. The minimum atomic E-state index is -0.634. The van der Waals surface area contributed by atoms with Gasteiger partial charge in [0.25, 0.3) is 0 Å². The molecule has 4 N–H and O–H groups in total. The van der Waals surface area contributed by atoms with Crippen LogP contribution in [0.5, 0.6) is 0 Å². The fraction of sp³-hybridized carbons (Fsp3) is 0.818. The zero-order valence-electron chi connectivity index (χ0n) is 10.4. The first kappa shape index (κ1) is 13.8. The van der Waals surface area contributed by atoms with Crippen molar-refractivity contribution in [2.45, 2.75) is 32.2 Å². The van der Waals surface area contributed by atoms with E-state index >= 15 is 0 Å². The van der Waals surface area contributed by atoms with E-state index in [1.165, 1.54) is 0 Å². The van der Waals surface area contributed by atoms with Gasteiger partial charge in [0.05, 0.1) is 0 Å². The Morgan fingerprint density at radius 1 is 1.41 bits per heavy atom. The van der Waals surface area contributed by atoms with Crippen LogP contribution in [0.4, 0.5) is 4.79 Å². The summed E-state index contributed by atoms with van der Waals surface area (Å²) in [5.74, 6) is -0.0191. The number of amides is 3. The molecule has 0 aliphatic carbocycles. The monoisotopic (exact) mass is 242 g/mol. The number of carbonyl (C=O) groups is 2. The van der Waals surface area contributed by atoms with Crippen LogP contribution >= 0.6 is 0 Å². The maximum Gasteiger partial charge on any atom is 0.312 e. The molecule has 0 unspecified atom stereocenters. The number of hydrogen-bond donors (Lipinski definition) is 3. The highest BCUT2D eigenvalue weighted by atomic mass is 16.2. The molecule has 3 amide bonds. The Bertz CT molecular complexity index is 262. The maximum atomic E-state index is 12.2. The molecule has 0 aromatic carbocycles. The molecule has 0 aromatic heterocycles. The molecule has 1 rings (SSSR count). The highest BCUT2D eigenvalue weighted by Gasteiger charge is 2.24. The molecular weight excluding hydrogens is 220 g/mol. The molecule has 6 heteroatoms. The van der Waals surface area contributed by atoms with E-state index in [0.717, 1.165) is 32.5 Å². The van der Waals surface area contributed by atoms with Gasteiger partial charge in [-0.15, -0.1) is 0 Å². The molecule has 0 radical (unpaired) electrons. The van der Waals surface area contributed by atoms with Gasteiger partial charge in [-0.2, -0.15) is 0 Å². The molecule has 0 aromatic rings. The minimum Gasteiger partial charge on any atom is -0.352 e. The van der Waals surface area contributed by atoms with Gasteiger partial charge in [-0.1, -0.05) is 13.3 Å². The van der Waals surface area contributed by atoms with Crippen molar-refractivity contribution < 1.29 is 9.59 Å². The van der Waals surface area contributed by atoms with E-state index in [1.54, 1.807) is 4.90 Å². The number of rotatable bonds is 4. The van der Waals surface area contributed by atoms with Crippen LogP contribution in [-0.4, -0.2) is 49.1 Å². The topological polar surface area (TPSA) is 87.5 Å². The second kappa shape index (κ2) is 7.11. The average molecular weight is 242 g/mol. The lowest BCUT2D eigenvalue weighted by molar-refractivity contribution is -0.133. The molecule has 0 spiro atoms. The Labute approximate surface area is 102 Å². The standard InChI is InChI=1S/C11H22N4O2/c1-2-4-9(14-11(12)17)10(16)15-7-3-5-13-6-8-15/h9,13H,2-8H2,1H3,(H3,12,14,17)/t9-/m1/s1. The van der Waals surface area contributed by atoms with E-state index < -0.39 is 12.1 Å². The van der Waals surface area contributed by atoms with Gasteiger partial charge in [-0.3, -0.25) is 4.79 Å². The van der Waals surface area contributed by atoms with E-state index in [2.05, 4.69) is 10.6 Å². The molecule has 6 nitrogen and oxygen atoms in total. The van der Waals surface area contributed by atoms with Crippen LogP contribution in [0.1, 0.15) is 26.2 Å². The average Bonchev–Trinajstić information content (AvgIpc) is 2.55. The van der Waals surface area contributed by atoms with E-state index in [4.69, 9.17) is 5.73 Å². The Morgan fingerprint density at radius 3 is 2.82 bits per heavy atom. The van der Waals surface area contributed by atoms with Gasteiger partial charge >= 0.3 is 6.03 Å². The predicted octanol–water partition coefficient (Wildman–Crippen LogP) is -0.355. The van der Waals surface area contributed by atoms with Crippen LogP contribution in [0, 0.1) is 0 Å². The number of nitrogens with two attached hydrogens (primary N) is 1. The fourth-order valence-electron chi connectivity index (χ4n) is 2.00. The summed E-state index contributed by atoms with van der Waals surface area (Å²) in [6.45, 7) is 5.16. The molecule has 17 heavy (non-hydrogen) atoms. The molecule has 1 aliphatic rings. The summed E-state index contributed by atoms with van der Waals surface area (Å²) in [6, 6.07) is -1.11. The summed E-state index contributed by atoms with van der Waals surface area (Å²) >= 11 is 0. The Morgan fingerprint density at radius 2 is 2.18 bits per heavy atom. The third-order valence-electron chi connectivity index (χ3n) is 2.84.